The number of hydrogen-bond acceptors (Lipinski definition) is 8. The molecule has 3 aliphatic heterocycles. The summed E-state index contributed by atoms with van der Waals surface area (Å²) in [5, 5.41) is 12.8. The van der Waals surface area contributed by atoms with Crippen LogP contribution in [0.15, 0.2) is 41.9 Å². The van der Waals surface area contributed by atoms with Crippen LogP contribution in [0.1, 0.15) is 41.0 Å². The quantitative estimate of drug-likeness (QED) is 0.220. The molecule has 2 unspecified atom stereocenters. The smallest absolute Gasteiger partial charge is 0.244 e. The van der Waals surface area contributed by atoms with Crippen molar-refractivity contribution in [2.45, 2.75) is 50.2 Å². The van der Waals surface area contributed by atoms with Gasteiger partial charge >= 0.3 is 0 Å². The number of nitrogens with one attached hydrogen (secondary N) is 2. The van der Waals surface area contributed by atoms with E-state index in [1.165, 1.54) is 11.3 Å². The molecule has 4 atom stereocenters. The van der Waals surface area contributed by atoms with E-state index in [1.54, 1.807) is 38.0 Å². The first-order valence-electron chi connectivity index (χ1n) is 14.3. The van der Waals surface area contributed by atoms with Gasteiger partial charge in [-0.15, -0.1) is 11.3 Å². The standard InChI is InChI=1S/C29H37N7O4S2/c30-29(31)34-11-4-7-20(14-34)13-22(26(39)28-32-10-12-42-28)33-27(40)23-18-41-17-21-15-35(16-25(38)36(21)23)24(37)9-8-19-5-2-1-3-6-19/h1-3,5-6,10,12,20-23H,4,7-9,11,13-18H2,(H3,30,31)(H,33,40)/t20?,21-,22?,23+/m1/s1. The summed E-state index contributed by atoms with van der Waals surface area (Å²) in [6, 6.07) is 7.99. The van der Waals surface area contributed by atoms with Gasteiger partial charge in [-0.25, -0.2) is 4.98 Å². The summed E-state index contributed by atoms with van der Waals surface area (Å²) in [6.45, 7) is 1.59. The number of ketones is 1. The van der Waals surface area contributed by atoms with Gasteiger partial charge in [0.2, 0.25) is 23.5 Å². The first-order chi connectivity index (χ1) is 20.3. The van der Waals surface area contributed by atoms with E-state index in [4.69, 9.17) is 11.1 Å². The van der Waals surface area contributed by atoms with Gasteiger partial charge in [-0.3, -0.25) is 24.6 Å². The van der Waals surface area contributed by atoms with Gasteiger partial charge < -0.3 is 25.8 Å². The highest BCUT2D eigenvalue weighted by Gasteiger charge is 2.44. The third-order valence-corrected chi connectivity index (χ3v) is 10.2. The fraction of sp³-hybridized carbons (Fsp3) is 0.517. The SMILES string of the molecule is N=C(N)N1CCCC(CC(NC(=O)[C@@H]2CSC[C@H]3CN(C(=O)CCc4ccccc4)CC(=O)N32)C(=O)c2nccs2)C1. The van der Waals surface area contributed by atoms with E-state index in [9.17, 15) is 19.2 Å². The van der Waals surface area contributed by atoms with Crippen LogP contribution in [0, 0.1) is 11.3 Å². The number of guanidine groups is 1. The minimum absolute atomic E-state index is 0.00742. The monoisotopic (exact) mass is 611 g/mol. The van der Waals surface area contributed by atoms with E-state index < -0.39 is 12.1 Å². The maximum atomic E-state index is 13.7. The molecule has 1 aromatic carbocycles. The molecule has 4 heterocycles. The molecule has 13 heteroatoms. The number of aromatic nitrogens is 1. The molecule has 0 aliphatic carbocycles. The van der Waals surface area contributed by atoms with Crippen LogP contribution in [0.25, 0.3) is 0 Å². The van der Waals surface area contributed by atoms with Gasteiger partial charge in [-0.1, -0.05) is 30.3 Å². The van der Waals surface area contributed by atoms with Crippen molar-refractivity contribution in [2.75, 3.05) is 37.7 Å². The topological polar surface area (TPSA) is 153 Å². The number of thioether (sulfide) groups is 1. The zero-order valence-electron chi connectivity index (χ0n) is 23.4. The fourth-order valence-corrected chi connectivity index (χ4v) is 7.90. The molecule has 224 valence electrons. The number of thiazole rings is 1. The fourth-order valence-electron chi connectivity index (χ4n) is 6.06. The van der Waals surface area contributed by atoms with Crippen molar-refractivity contribution in [1.29, 1.82) is 5.41 Å². The minimum atomic E-state index is -0.804. The predicted octanol–water partition coefficient (Wildman–Crippen LogP) is 1.59. The molecule has 3 fully saturated rings. The van der Waals surface area contributed by atoms with Crippen LogP contribution in [0.5, 0.6) is 0 Å². The van der Waals surface area contributed by atoms with Crippen molar-refractivity contribution in [3.63, 3.8) is 0 Å². The van der Waals surface area contributed by atoms with Gasteiger partial charge in [0.25, 0.3) is 0 Å². The number of fused-ring (bicyclic) bond motifs is 1. The summed E-state index contributed by atoms with van der Waals surface area (Å²) in [7, 11) is 0. The number of likely N-dealkylation sites (tertiary alicyclic amines) is 1. The molecule has 1 aromatic heterocycles. The molecule has 0 radical (unpaired) electrons. The number of aryl methyl sites for hydroxylation is 1. The summed E-state index contributed by atoms with van der Waals surface area (Å²) >= 11 is 2.81. The number of benzene rings is 1. The second-order valence-electron chi connectivity index (χ2n) is 11.1. The molecule has 3 aliphatic rings. The largest absolute Gasteiger partial charge is 0.370 e. The van der Waals surface area contributed by atoms with Gasteiger partial charge in [-0.2, -0.15) is 11.8 Å². The Hall–Kier alpha value is -3.45. The van der Waals surface area contributed by atoms with Crippen molar-refractivity contribution < 1.29 is 19.2 Å². The molecule has 42 heavy (non-hydrogen) atoms. The molecule has 0 spiro atoms. The molecular formula is C29H37N7O4S2. The average Bonchev–Trinajstić information content (AvgIpc) is 3.54. The first kappa shape index (κ1) is 30.0. The van der Waals surface area contributed by atoms with Gasteiger partial charge in [-0.05, 0) is 37.2 Å². The molecular weight excluding hydrogens is 574 g/mol. The number of piperazine rings is 1. The Morgan fingerprint density at radius 1 is 1.14 bits per heavy atom. The summed E-state index contributed by atoms with van der Waals surface area (Å²) < 4.78 is 0. The molecule has 4 N–H and O–H groups in total. The summed E-state index contributed by atoms with van der Waals surface area (Å²) in [5.41, 5.74) is 6.80. The molecule has 2 aromatic rings. The number of nitrogens with two attached hydrogens (primary N) is 1. The van der Waals surface area contributed by atoms with Crippen molar-refractivity contribution >= 4 is 52.6 Å². The Bertz CT molecular complexity index is 1290. The Balaban J connectivity index is 1.24. The van der Waals surface area contributed by atoms with Crippen LogP contribution in [0.4, 0.5) is 0 Å². The number of nitrogens with zero attached hydrogens (tertiary/aromatic N) is 4. The summed E-state index contributed by atoms with van der Waals surface area (Å²) in [6.07, 6.45) is 4.61. The number of carbonyl (C=O) groups excluding carboxylic acids is 4. The van der Waals surface area contributed by atoms with E-state index in [0.717, 1.165) is 18.4 Å². The van der Waals surface area contributed by atoms with Crippen LogP contribution in [0.2, 0.25) is 0 Å². The number of carbonyl (C=O) groups is 4. The van der Waals surface area contributed by atoms with Crippen LogP contribution in [0.3, 0.4) is 0 Å². The highest BCUT2D eigenvalue weighted by Crippen LogP contribution is 2.28. The lowest BCUT2D eigenvalue weighted by Gasteiger charge is -2.47. The van der Waals surface area contributed by atoms with Crippen molar-refractivity contribution in [3.05, 3.63) is 52.5 Å². The van der Waals surface area contributed by atoms with Crippen LogP contribution in [-0.4, -0.2) is 105 Å². The van der Waals surface area contributed by atoms with Crippen molar-refractivity contribution in [2.24, 2.45) is 11.7 Å². The maximum Gasteiger partial charge on any atom is 0.244 e. The van der Waals surface area contributed by atoms with Gasteiger partial charge in [0.1, 0.15) is 6.04 Å². The second-order valence-corrected chi connectivity index (χ2v) is 13.1. The Morgan fingerprint density at radius 3 is 2.69 bits per heavy atom. The van der Waals surface area contributed by atoms with Crippen LogP contribution >= 0.6 is 23.1 Å². The number of amides is 3. The number of rotatable bonds is 9. The lowest BCUT2D eigenvalue weighted by molar-refractivity contribution is -0.153. The van der Waals surface area contributed by atoms with E-state index in [1.807, 2.05) is 30.3 Å². The lowest BCUT2D eigenvalue weighted by Crippen LogP contribution is -2.67. The maximum absolute atomic E-state index is 13.7. The van der Waals surface area contributed by atoms with Crippen LogP contribution in [-0.2, 0) is 20.8 Å². The highest BCUT2D eigenvalue weighted by atomic mass is 32.2. The molecule has 0 saturated carbocycles. The average molecular weight is 612 g/mol. The highest BCUT2D eigenvalue weighted by molar-refractivity contribution is 7.99. The Kier molecular flexibility index (Phi) is 9.78. The first-order valence-corrected chi connectivity index (χ1v) is 16.4. The summed E-state index contributed by atoms with van der Waals surface area (Å²) in [4.78, 5) is 62.8. The lowest BCUT2D eigenvalue weighted by atomic mass is 9.89. The molecule has 5 rings (SSSR count). The second kappa shape index (κ2) is 13.7. The number of Topliss-reactive ketones (excluding diaryl/α,β-unsaturated/α-hetero) is 1. The van der Waals surface area contributed by atoms with Crippen molar-refractivity contribution in [1.82, 2.24) is 25.0 Å². The van der Waals surface area contributed by atoms with E-state index >= 15 is 0 Å². The Morgan fingerprint density at radius 2 is 1.95 bits per heavy atom. The third kappa shape index (κ3) is 7.12. The Labute approximate surface area is 253 Å². The molecule has 0 bridgehead atoms. The third-order valence-electron chi connectivity index (χ3n) is 8.19. The minimum Gasteiger partial charge on any atom is -0.370 e. The van der Waals surface area contributed by atoms with Gasteiger partial charge in [0.15, 0.2) is 11.0 Å². The predicted molar refractivity (Wildman–Crippen MR) is 162 cm³/mol. The van der Waals surface area contributed by atoms with E-state index in [2.05, 4.69) is 10.3 Å². The van der Waals surface area contributed by atoms with E-state index in [0.29, 0.717) is 55.4 Å². The molecule has 11 nitrogen and oxygen atoms in total. The van der Waals surface area contributed by atoms with Gasteiger partial charge in [0.05, 0.1) is 18.6 Å². The molecule has 3 amide bonds. The normalized spacial score (nSPS) is 23.2. The molecule has 3 saturated heterocycles. The summed E-state index contributed by atoms with van der Waals surface area (Å²) in [5.74, 6) is 0.219. The zero-order valence-corrected chi connectivity index (χ0v) is 25.1. The number of piperidine rings is 1. The van der Waals surface area contributed by atoms with E-state index in [-0.39, 0.29) is 48.0 Å². The van der Waals surface area contributed by atoms with Gasteiger partial charge in [0, 0.05) is 49.1 Å². The zero-order chi connectivity index (χ0) is 29.6. The van der Waals surface area contributed by atoms with Crippen LogP contribution < -0.4 is 11.1 Å². The van der Waals surface area contributed by atoms with Crippen molar-refractivity contribution in [3.8, 4) is 0 Å². The number of hydrogen-bond donors (Lipinski definition) is 3.